The fourth-order valence-corrected chi connectivity index (χ4v) is 8.72. The fraction of sp³-hybridized carbons (Fsp3) is 0.891. The lowest BCUT2D eigenvalue weighted by Crippen LogP contribution is -2.62. The maximum absolute atomic E-state index is 13.2. The number of terminal acetylenes is 1. The molecule has 0 amide bonds. The van der Waals surface area contributed by atoms with Gasteiger partial charge in [-0.3, -0.25) is 9.68 Å². The van der Waals surface area contributed by atoms with Gasteiger partial charge >= 0.3 is 6.16 Å². The van der Waals surface area contributed by atoms with E-state index in [4.69, 9.17) is 25.6 Å². The molecule has 0 aliphatic carbocycles. The molecule has 2 aliphatic rings. The molecule has 0 saturated carbocycles. The van der Waals surface area contributed by atoms with Gasteiger partial charge in [0.05, 0.1) is 13.2 Å². The first-order chi connectivity index (χ1) is 25.1. The second-order valence-electron chi connectivity index (χ2n) is 18.2. The van der Waals surface area contributed by atoms with Crippen LogP contribution in [0.5, 0.6) is 0 Å². The van der Waals surface area contributed by atoms with E-state index in [1.807, 2.05) is 0 Å². The Balaban J connectivity index is 0.00000262. The van der Waals surface area contributed by atoms with Crippen molar-refractivity contribution in [1.29, 1.82) is 0 Å². The largest absolute Gasteiger partial charge is 0.508 e. The van der Waals surface area contributed by atoms with E-state index in [1.54, 1.807) is 6.92 Å². The molecule has 0 spiro atoms. The maximum Gasteiger partial charge on any atom is 0.508 e. The average Bonchev–Trinajstić information content (AvgIpc) is 3.04. The minimum Gasteiger partial charge on any atom is -0.431 e. The van der Waals surface area contributed by atoms with Gasteiger partial charge in [-0.05, 0) is 87.0 Å². The highest BCUT2D eigenvalue weighted by Gasteiger charge is 2.50. The van der Waals surface area contributed by atoms with Gasteiger partial charge in [-0.25, -0.2) is 4.79 Å². The Kier molecular flexibility index (Phi) is 24.3. The Morgan fingerprint density at radius 2 is 0.830 bits per heavy atom. The van der Waals surface area contributed by atoms with E-state index in [0.29, 0.717) is 25.7 Å². The van der Waals surface area contributed by atoms with Crippen LogP contribution < -0.4 is 0 Å². The highest BCUT2D eigenvalue weighted by atomic mass is 16.7. The smallest absolute Gasteiger partial charge is 0.431 e. The lowest BCUT2D eigenvalue weighted by atomic mass is 9.80. The van der Waals surface area contributed by atoms with Crippen molar-refractivity contribution in [2.45, 2.75) is 252 Å². The summed E-state index contributed by atoms with van der Waals surface area (Å²) in [7, 11) is 0. The van der Waals surface area contributed by atoms with E-state index >= 15 is 0 Å². The Bertz CT molecular complexity index is 978. The van der Waals surface area contributed by atoms with Gasteiger partial charge in [-0.15, -0.1) is 6.42 Å². The molecular formula is C46H84N2O5. The molecule has 2 saturated heterocycles. The molecule has 2 aliphatic heterocycles. The Morgan fingerprint density at radius 3 is 1.08 bits per heavy atom. The lowest BCUT2D eigenvalue weighted by Gasteiger charge is -2.54. The van der Waals surface area contributed by atoms with E-state index < -0.39 is 6.16 Å². The predicted octanol–water partition coefficient (Wildman–Crippen LogP) is 12.8. The van der Waals surface area contributed by atoms with E-state index in [0.717, 1.165) is 26.1 Å². The number of carbonyl (C=O) groups excluding carboxylic acids is 1. The SMILES string of the molecule is C#CC#CC.CCCCCCCCCCCON1C(C)(C)CC(OC(=O)OC2CC(C)(C)N(OCCCCCCCCCCC)C(C)(C)C2)CC1(C)C. The summed E-state index contributed by atoms with van der Waals surface area (Å²) >= 11 is 0. The molecule has 0 N–H and O–H groups in total. The molecular weight excluding hydrogens is 661 g/mol. The maximum atomic E-state index is 13.2. The monoisotopic (exact) mass is 745 g/mol. The van der Waals surface area contributed by atoms with Gasteiger partial charge in [0, 0.05) is 47.8 Å². The lowest BCUT2D eigenvalue weighted by molar-refractivity contribution is -0.296. The van der Waals surface area contributed by atoms with Crippen molar-refractivity contribution in [2.24, 2.45) is 0 Å². The highest BCUT2D eigenvalue weighted by Crippen LogP contribution is 2.42. The molecule has 308 valence electrons. The molecule has 0 aromatic carbocycles. The van der Waals surface area contributed by atoms with Crippen LogP contribution in [0.2, 0.25) is 0 Å². The van der Waals surface area contributed by atoms with Crippen molar-refractivity contribution in [2.75, 3.05) is 13.2 Å². The standard InChI is InChI=1S/C41H80N2O5.C5H4/c1-11-13-15-17-19-21-23-25-27-29-45-42-38(3,4)31-35(32-39(42,5)6)47-37(44)48-36-33-40(7,8)43(41(9,10)34-36)46-30-28-26-24-22-20-18-16-14-12-2;1-3-5-4-2/h35-36H,11-34H2,1-10H3;1H,2H3. The van der Waals surface area contributed by atoms with Gasteiger partial charge in [0.15, 0.2) is 0 Å². The summed E-state index contributed by atoms with van der Waals surface area (Å²) in [5.41, 5.74) is -1.03. The number of carbonyl (C=O) groups is 1. The van der Waals surface area contributed by atoms with Crippen LogP contribution in [-0.4, -0.2) is 63.9 Å². The zero-order valence-electron chi connectivity index (χ0n) is 36.6. The van der Waals surface area contributed by atoms with Gasteiger partial charge in [-0.2, -0.15) is 10.1 Å². The number of rotatable bonds is 24. The molecule has 0 radical (unpaired) electrons. The topological polar surface area (TPSA) is 60.5 Å². The summed E-state index contributed by atoms with van der Waals surface area (Å²) in [6.07, 6.45) is 30.0. The highest BCUT2D eigenvalue weighted by molar-refractivity contribution is 5.60. The van der Waals surface area contributed by atoms with Gasteiger partial charge in [0.25, 0.3) is 0 Å². The van der Waals surface area contributed by atoms with Crippen molar-refractivity contribution in [3.63, 3.8) is 0 Å². The van der Waals surface area contributed by atoms with Crippen LogP contribution in [0.3, 0.4) is 0 Å². The van der Waals surface area contributed by atoms with Crippen molar-refractivity contribution >= 4 is 6.16 Å². The zero-order valence-corrected chi connectivity index (χ0v) is 36.6. The second-order valence-corrected chi connectivity index (χ2v) is 18.2. The molecule has 2 fully saturated rings. The van der Waals surface area contributed by atoms with Gasteiger partial charge in [0.1, 0.15) is 12.2 Å². The summed E-state index contributed by atoms with van der Waals surface area (Å²) in [6, 6.07) is 0. The number of unbranched alkanes of at least 4 members (excludes halogenated alkanes) is 16. The summed E-state index contributed by atoms with van der Waals surface area (Å²) in [6.45, 7) is 25.3. The van der Waals surface area contributed by atoms with E-state index in [1.165, 1.54) is 103 Å². The van der Waals surface area contributed by atoms with Crippen LogP contribution in [0.4, 0.5) is 4.79 Å². The fourth-order valence-electron chi connectivity index (χ4n) is 8.72. The van der Waals surface area contributed by atoms with Gasteiger partial charge < -0.3 is 9.47 Å². The van der Waals surface area contributed by atoms with E-state index in [-0.39, 0.29) is 34.4 Å². The first kappa shape index (κ1) is 49.2. The number of hydroxylamine groups is 4. The van der Waals surface area contributed by atoms with Crippen molar-refractivity contribution < 1.29 is 23.9 Å². The first-order valence-corrected chi connectivity index (χ1v) is 21.7. The summed E-state index contributed by atoms with van der Waals surface area (Å²) < 4.78 is 12.1. The number of ether oxygens (including phenoxy) is 2. The molecule has 2 heterocycles. The van der Waals surface area contributed by atoms with Crippen LogP contribution in [0.15, 0.2) is 0 Å². The third-order valence-corrected chi connectivity index (χ3v) is 10.8. The third kappa shape index (κ3) is 20.1. The van der Waals surface area contributed by atoms with Crippen molar-refractivity contribution in [3.8, 4) is 24.2 Å². The normalized spacial score (nSPS) is 19.7. The molecule has 0 bridgehead atoms. The van der Waals surface area contributed by atoms with Crippen LogP contribution in [0, 0.1) is 24.2 Å². The Hall–Kier alpha value is -1.77. The molecule has 0 aromatic rings. The Morgan fingerprint density at radius 1 is 0.547 bits per heavy atom. The first-order valence-electron chi connectivity index (χ1n) is 21.7. The summed E-state index contributed by atoms with van der Waals surface area (Å²) in [5.74, 6) is 7.08. The second kappa shape index (κ2) is 26.2. The third-order valence-electron chi connectivity index (χ3n) is 10.8. The van der Waals surface area contributed by atoms with Crippen LogP contribution >= 0.6 is 0 Å². The molecule has 7 heteroatoms. The molecule has 0 aromatic heterocycles. The minimum absolute atomic E-state index is 0.212. The van der Waals surface area contributed by atoms with Crippen LogP contribution in [-0.2, 0) is 19.1 Å². The van der Waals surface area contributed by atoms with E-state index in [2.05, 4.69) is 97.1 Å². The molecule has 7 nitrogen and oxygen atoms in total. The van der Waals surface area contributed by atoms with Crippen LogP contribution in [0.1, 0.15) is 217 Å². The van der Waals surface area contributed by atoms with Gasteiger partial charge in [0.2, 0.25) is 0 Å². The Labute approximate surface area is 328 Å². The van der Waals surface area contributed by atoms with Crippen LogP contribution in [0.25, 0.3) is 0 Å². The quantitative estimate of drug-likeness (QED) is 0.0554. The van der Waals surface area contributed by atoms with Crippen molar-refractivity contribution in [1.82, 2.24) is 10.1 Å². The molecule has 0 unspecified atom stereocenters. The molecule has 53 heavy (non-hydrogen) atoms. The predicted molar refractivity (Wildman–Crippen MR) is 222 cm³/mol. The van der Waals surface area contributed by atoms with Crippen molar-refractivity contribution in [3.05, 3.63) is 0 Å². The summed E-state index contributed by atoms with van der Waals surface area (Å²) in [4.78, 5) is 26.0. The average molecular weight is 745 g/mol. The number of hydrogen-bond donors (Lipinski definition) is 0. The molecule has 0 atom stereocenters. The number of hydrogen-bond acceptors (Lipinski definition) is 7. The number of piperidine rings is 2. The summed E-state index contributed by atoms with van der Waals surface area (Å²) in [5, 5.41) is 4.34. The number of nitrogens with zero attached hydrogens (tertiary/aromatic N) is 2. The minimum atomic E-state index is -0.545. The van der Waals surface area contributed by atoms with Gasteiger partial charge in [-0.1, -0.05) is 123 Å². The molecule has 2 rings (SSSR count). The van der Waals surface area contributed by atoms with E-state index in [9.17, 15) is 4.79 Å². The zero-order chi connectivity index (χ0) is 39.8.